The maximum Gasteiger partial charge on any atom is 0.187 e. The molecule has 0 radical (unpaired) electrons. The van der Waals surface area contributed by atoms with E-state index in [4.69, 9.17) is 14.2 Å². The Kier molecular flexibility index (Phi) is 5.63. The predicted octanol–water partition coefficient (Wildman–Crippen LogP) is 1.19. The third kappa shape index (κ3) is 3.34. The summed E-state index contributed by atoms with van der Waals surface area (Å²) < 4.78 is 16.0. The molecule has 0 aromatic heterocycles. The molecule has 1 saturated heterocycles. The maximum absolute atomic E-state index is 12.9. The summed E-state index contributed by atoms with van der Waals surface area (Å²) in [4.78, 5) is 15.1. The number of benzene rings is 1. The van der Waals surface area contributed by atoms with Crippen LogP contribution in [0.4, 0.5) is 0 Å². The van der Waals surface area contributed by atoms with Crippen molar-refractivity contribution >= 4 is 5.78 Å². The van der Waals surface area contributed by atoms with Gasteiger partial charge in [-0.05, 0) is 6.92 Å². The predicted molar refractivity (Wildman–Crippen MR) is 84.3 cm³/mol. The Morgan fingerprint density at radius 1 is 1.09 bits per heavy atom. The number of nitrogens with zero attached hydrogens (tertiary/aromatic N) is 1. The number of ether oxygens (including phenoxy) is 3. The Labute approximate surface area is 131 Å². The number of nitrogens with one attached hydrogen (secondary N) is 1. The minimum Gasteiger partial charge on any atom is -0.496 e. The fraction of sp³-hybridized carbons (Fsp3) is 0.562. The van der Waals surface area contributed by atoms with Crippen molar-refractivity contribution in [1.82, 2.24) is 10.2 Å². The van der Waals surface area contributed by atoms with E-state index in [9.17, 15) is 4.79 Å². The molecule has 22 heavy (non-hydrogen) atoms. The van der Waals surface area contributed by atoms with Gasteiger partial charge in [0.25, 0.3) is 0 Å². The smallest absolute Gasteiger partial charge is 0.187 e. The molecule has 2 rings (SSSR count). The molecule has 1 aliphatic heterocycles. The van der Waals surface area contributed by atoms with Gasteiger partial charge in [-0.1, -0.05) is 0 Å². The zero-order valence-electron chi connectivity index (χ0n) is 13.6. The summed E-state index contributed by atoms with van der Waals surface area (Å²) in [7, 11) is 4.65. The largest absolute Gasteiger partial charge is 0.496 e. The van der Waals surface area contributed by atoms with Crippen molar-refractivity contribution < 1.29 is 19.0 Å². The van der Waals surface area contributed by atoms with E-state index in [1.54, 1.807) is 33.5 Å². The molecule has 1 heterocycles. The second-order valence-electron chi connectivity index (χ2n) is 5.23. The minimum atomic E-state index is -0.224. The maximum atomic E-state index is 12.9. The molecule has 122 valence electrons. The third-order valence-corrected chi connectivity index (χ3v) is 4.04. The highest BCUT2D eigenvalue weighted by atomic mass is 16.5. The zero-order chi connectivity index (χ0) is 16.1. The average molecular weight is 308 g/mol. The summed E-state index contributed by atoms with van der Waals surface area (Å²) in [5.41, 5.74) is 0.469. The van der Waals surface area contributed by atoms with Gasteiger partial charge >= 0.3 is 0 Å². The Hall–Kier alpha value is -1.79. The second-order valence-corrected chi connectivity index (χ2v) is 5.23. The fourth-order valence-electron chi connectivity index (χ4n) is 2.69. The molecule has 1 aromatic carbocycles. The van der Waals surface area contributed by atoms with Crippen LogP contribution in [0.1, 0.15) is 17.3 Å². The second kappa shape index (κ2) is 7.47. The first kappa shape index (κ1) is 16.6. The monoisotopic (exact) mass is 308 g/mol. The number of hydrogen-bond donors (Lipinski definition) is 1. The lowest BCUT2D eigenvalue weighted by molar-refractivity contribution is 0.0814. The number of carbonyl (C=O) groups is 1. The van der Waals surface area contributed by atoms with Gasteiger partial charge in [-0.2, -0.15) is 0 Å². The molecule has 0 bridgehead atoms. The van der Waals surface area contributed by atoms with Crippen LogP contribution in [0, 0.1) is 0 Å². The van der Waals surface area contributed by atoms with Gasteiger partial charge in [0.1, 0.15) is 22.8 Å². The summed E-state index contributed by atoms with van der Waals surface area (Å²) in [6.45, 7) is 5.43. The Morgan fingerprint density at radius 3 is 2.09 bits per heavy atom. The van der Waals surface area contributed by atoms with Gasteiger partial charge in [0.2, 0.25) is 0 Å². The standard InChI is InChI=1S/C16H24N2O4/c1-11(18-7-5-17-6-8-18)16(19)15-13(21-3)9-12(20-2)10-14(15)22-4/h9-11,17H,5-8H2,1-4H3. The lowest BCUT2D eigenvalue weighted by Crippen LogP contribution is -2.50. The first-order valence-electron chi connectivity index (χ1n) is 7.41. The molecular weight excluding hydrogens is 284 g/mol. The molecule has 0 aliphatic carbocycles. The van der Waals surface area contributed by atoms with Gasteiger partial charge in [0, 0.05) is 38.3 Å². The number of methoxy groups -OCH3 is 3. The highest BCUT2D eigenvalue weighted by molar-refractivity contribution is 6.04. The molecule has 1 N–H and O–H groups in total. The van der Waals surface area contributed by atoms with Crippen molar-refractivity contribution in [1.29, 1.82) is 0 Å². The zero-order valence-corrected chi connectivity index (χ0v) is 13.6. The summed E-state index contributed by atoms with van der Waals surface area (Å²) in [6.07, 6.45) is 0. The number of hydrogen-bond acceptors (Lipinski definition) is 6. The van der Waals surface area contributed by atoms with Crippen molar-refractivity contribution in [3.8, 4) is 17.2 Å². The molecule has 1 unspecified atom stereocenters. The first-order chi connectivity index (χ1) is 10.6. The van der Waals surface area contributed by atoms with Gasteiger partial charge < -0.3 is 19.5 Å². The van der Waals surface area contributed by atoms with Crippen LogP contribution in [-0.2, 0) is 0 Å². The van der Waals surface area contributed by atoms with E-state index in [1.807, 2.05) is 6.92 Å². The molecule has 0 saturated carbocycles. The van der Waals surface area contributed by atoms with Gasteiger partial charge in [-0.15, -0.1) is 0 Å². The van der Waals surface area contributed by atoms with Crippen LogP contribution in [0.3, 0.4) is 0 Å². The minimum absolute atomic E-state index is 0.00162. The van der Waals surface area contributed by atoms with Crippen LogP contribution in [0.2, 0.25) is 0 Å². The molecule has 1 aromatic rings. The summed E-state index contributed by atoms with van der Waals surface area (Å²) in [5.74, 6) is 1.55. The van der Waals surface area contributed by atoms with E-state index in [0.29, 0.717) is 22.8 Å². The van der Waals surface area contributed by atoms with E-state index >= 15 is 0 Å². The summed E-state index contributed by atoms with van der Waals surface area (Å²) in [5, 5.41) is 3.29. The van der Waals surface area contributed by atoms with Crippen LogP contribution in [0.25, 0.3) is 0 Å². The van der Waals surface area contributed by atoms with Crippen LogP contribution >= 0.6 is 0 Å². The van der Waals surface area contributed by atoms with Gasteiger partial charge in [0.15, 0.2) is 5.78 Å². The van der Waals surface area contributed by atoms with Crippen LogP contribution in [-0.4, -0.2) is 64.2 Å². The highest BCUT2D eigenvalue weighted by Crippen LogP contribution is 2.35. The van der Waals surface area contributed by atoms with Crippen molar-refractivity contribution in [2.45, 2.75) is 13.0 Å². The van der Waals surface area contributed by atoms with Crippen LogP contribution in [0.5, 0.6) is 17.2 Å². The lowest BCUT2D eigenvalue weighted by Gasteiger charge is -2.32. The van der Waals surface area contributed by atoms with E-state index in [1.165, 1.54) is 0 Å². The van der Waals surface area contributed by atoms with E-state index < -0.39 is 0 Å². The number of piperazine rings is 1. The van der Waals surface area contributed by atoms with E-state index in [0.717, 1.165) is 26.2 Å². The Morgan fingerprint density at radius 2 is 1.64 bits per heavy atom. The number of rotatable bonds is 6. The molecule has 0 spiro atoms. The molecule has 6 nitrogen and oxygen atoms in total. The quantitative estimate of drug-likeness (QED) is 0.797. The Balaban J connectivity index is 2.34. The molecular formula is C16H24N2O4. The molecule has 1 fully saturated rings. The lowest BCUT2D eigenvalue weighted by atomic mass is 10.0. The van der Waals surface area contributed by atoms with Crippen molar-refractivity contribution in [2.24, 2.45) is 0 Å². The number of ketones is 1. The molecule has 6 heteroatoms. The number of Topliss-reactive ketones (excluding diaryl/α,β-unsaturated/α-hetero) is 1. The van der Waals surface area contributed by atoms with Gasteiger partial charge in [-0.3, -0.25) is 9.69 Å². The topological polar surface area (TPSA) is 60.0 Å². The van der Waals surface area contributed by atoms with Crippen molar-refractivity contribution in [2.75, 3.05) is 47.5 Å². The van der Waals surface area contributed by atoms with Crippen molar-refractivity contribution in [3.05, 3.63) is 17.7 Å². The fourth-order valence-corrected chi connectivity index (χ4v) is 2.69. The highest BCUT2D eigenvalue weighted by Gasteiger charge is 2.29. The third-order valence-electron chi connectivity index (χ3n) is 4.04. The average Bonchev–Trinajstić information content (AvgIpc) is 2.59. The van der Waals surface area contributed by atoms with E-state index in [2.05, 4.69) is 10.2 Å². The number of carbonyl (C=O) groups excluding carboxylic acids is 1. The van der Waals surface area contributed by atoms with Crippen molar-refractivity contribution in [3.63, 3.8) is 0 Å². The summed E-state index contributed by atoms with van der Waals surface area (Å²) in [6, 6.07) is 3.19. The molecule has 1 aliphatic rings. The first-order valence-corrected chi connectivity index (χ1v) is 7.41. The molecule has 0 amide bonds. The molecule has 1 atom stereocenters. The SMILES string of the molecule is COc1cc(OC)c(C(=O)C(C)N2CCNCC2)c(OC)c1. The van der Waals surface area contributed by atoms with E-state index in [-0.39, 0.29) is 11.8 Å². The summed E-state index contributed by atoms with van der Waals surface area (Å²) >= 11 is 0. The Bertz CT molecular complexity index is 502. The van der Waals surface area contributed by atoms with Gasteiger partial charge in [-0.25, -0.2) is 0 Å². The van der Waals surface area contributed by atoms with Crippen LogP contribution < -0.4 is 19.5 Å². The van der Waals surface area contributed by atoms with Gasteiger partial charge in [0.05, 0.1) is 27.4 Å². The normalized spacial score (nSPS) is 16.9. The van der Waals surface area contributed by atoms with Crippen LogP contribution in [0.15, 0.2) is 12.1 Å².